The van der Waals surface area contributed by atoms with Crippen molar-refractivity contribution < 1.29 is 18.0 Å². The molecule has 0 unspecified atom stereocenters. The average molecular weight is 377 g/mol. The maximum atomic E-state index is 12.6. The molecule has 0 spiro atoms. The highest BCUT2D eigenvalue weighted by Crippen LogP contribution is 2.30. The van der Waals surface area contributed by atoms with E-state index >= 15 is 0 Å². The van der Waals surface area contributed by atoms with Gasteiger partial charge < -0.3 is 15.5 Å². The number of alkyl halides is 3. The van der Waals surface area contributed by atoms with Gasteiger partial charge in [-0.05, 0) is 55.7 Å². The number of carbonyl (C=O) groups excluding carboxylic acids is 1. The molecule has 0 radical (unpaired) electrons. The maximum absolute atomic E-state index is 12.6. The van der Waals surface area contributed by atoms with Gasteiger partial charge in [-0.25, -0.2) is 0 Å². The third-order valence-corrected chi connectivity index (χ3v) is 4.54. The molecule has 3 rings (SSSR count). The molecule has 2 aromatic carbocycles. The molecule has 4 nitrogen and oxygen atoms in total. The number of amides is 1. The fourth-order valence-corrected chi connectivity index (χ4v) is 3.16. The van der Waals surface area contributed by atoms with Gasteiger partial charge in [0.05, 0.1) is 23.5 Å². The SMILES string of the molecule is O=C(CNc1ccccc1N1CCCCC1)Nc1ccc(C(F)(F)F)cc1. The number of piperidine rings is 1. The summed E-state index contributed by atoms with van der Waals surface area (Å²) in [4.78, 5) is 14.5. The number of carbonyl (C=O) groups is 1. The number of hydrogen-bond donors (Lipinski definition) is 2. The lowest BCUT2D eigenvalue weighted by Gasteiger charge is -2.30. The molecule has 1 amide bonds. The molecule has 1 heterocycles. The van der Waals surface area contributed by atoms with Gasteiger partial charge in [-0.2, -0.15) is 13.2 Å². The average Bonchev–Trinajstić information content (AvgIpc) is 2.67. The summed E-state index contributed by atoms with van der Waals surface area (Å²) in [5.74, 6) is -0.316. The van der Waals surface area contributed by atoms with Crippen molar-refractivity contribution in [2.45, 2.75) is 25.4 Å². The molecule has 0 aromatic heterocycles. The van der Waals surface area contributed by atoms with Crippen LogP contribution in [0, 0.1) is 0 Å². The van der Waals surface area contributed by atoms with Crippen LogP contribution >= 0.6 is 0 Å². The van der Waals surface area contributed by atoms with E-state index in [1.165, 1.54) is 18.6 Å². The van der Waals surface area contributed by atoms with Gasteiger partial charge in [-0.1, -0.05) is 12.1 Å². The van der Waals surface area contributed by atoms with Crippen LogP contribution < -0.4 is 15.5 Å². The highest BCUT2D eigenvalue weighted by atomic mass is 19.4. The Morgan fingerprint density at radius 3 is 2.30 bits per heavy atom. The summed E-state index contributed by atoms with van der Waals surface area (Å²) in [6.45, 7) is 2.03. The number of anilines is 3. The van der Waals surface area contributed by atoms with E-state index in [4.69, 9.17) is 0 Å². The Hall–Kier alpha value is -2.70. The topological polar surface area (TPSA) is 44.4 Å². The van der Waals surface area contributed by atoms with E-state index in [1.54, 1.807) is 0 Å². The van der Waals surface area contributed by atoms with E-state index in [0.717, 1.165) is 49.4 Å². The summed E-state index contributed by atoms with van der Waals surface area (Å²) in [6, 6.07) is 12.2. The smallest absolute Gasteiger partial charge is 0.374 e. The van der Waals surface area contributed by atoms with Crippen molar-refractivity contribution in [2.75, 3.05) is 35.2 Å². The second-order valence-electron chi connectivity index (χ2n) is 6.54. The van der Waals surface area contributed by atoms with Crippen molar-refractivity contribution in [3.63, 3.8) is 0 Å². The first-order chi connectivity index (χ1) is 12.9. The highest BCUT2D eigenvalue weighted by Gasteiger charge is 2.30. The van der Waals surface area contributed by atoms with Gasteiger partial charge in [0, 0.05) is 18.8 Å². The monoisotopic (exact) mass is 377 g/mol. The zero-order valence-corrected chi connectivity index (χ0v) is 14.9. The second kappa shape index (κ2) is 8.33. The molecule has 1 aliphatic rings. The van der Waals surface area contributed by atoms with Gasteiger partial charge in [-0.15, -0.1) is 0 Å². The van der Waals surface area contributed by atoms with E-state index in [1.807, 2.05) is 24.3 Å². The van der Waals surface area contributed by atoms with E-state index in [2.05, 4.69) is 15.5 Å². The van der Waals surface area contributed by atoms with Crippen molar-refractivity contribution in [2.24, 2.45) is 0 Å². The van der Waals surface area contributed by atoms with E-state index in [-0.39, 0.29) is 12.5 Å². The van der Waals surface area contributed by atoms with Gasteiger partial charge >= 0.3 is 6.18 Å². The van der Waals surface area contributed by atoms with E-state index in [9.17, 15) is 18.0 Å². The van der Waals surface area contributed by atoms with Crippen molar-refractivity contribution in [1.29, 1.82) is 0 Å². The molecule has 0 atom stereocenters. The first-order valence-electron chi connectivity index (χ1n) is 8.98. The Morgan fingerprint density at radius 1 is 0.963 bits per heavy atom. The Morgan fingerprint density at radius 2 is 1.63 bits per heavy atom. The lowest BCUT2D eigenvalue weighted by atomic mass is 10.1. The van der Waals surface area contributed by atoms with Crippen LogP contribution in [0.1, 0.15) is 24.8 Å². The van der Waals surface area contributed by atoms with Gasteiger partial charge in [0.2, 0.25) is 5.91 Å². The first kappa shape index (κ1) is 19.1. The summed E-state index contributed by atoms with van der Waals surface area (Å²) in [7, 11) is 0. The fraction of sp³-hybridized carbons (Fsp3) is 0.350. The van der Waals surface area contributed by atoms with E-state index < -0.39 is 11.7 Å². The number of nitrogens with zero attached hydrogens (tertiary/aromatic N) is 1. The second-order valence-corrected chi connectivity index (χ2v) is 6.54. The van der Waals surface area contributed by atoms with Crippen molar-refractivity contribution in [3.05, 3.63) is 54.1 Å². The van der Waals surface area contributed by atoms with Crippen LogP contribution in [0.5, 0.6) is 0 Å². The summed E-state index contributed by atoms with van der Waals surface area (Å²) >= 11 is 0. The van der Waals surface area contributed by atoms with Crippen LogP contribution in [-0.2, 0) is 11.0 Å². The van der Waals surface area contributed by atoms with Crippen LogP contribution in [0.4, 0.5) is 30.2 Å². The maximum Gasteiger partial charge on any atom is 0.416 e. The van der Waals surface area contributed by atoms with Crippen molar-refractivity contribution >= 4 is 23.0 Å². The lowest BCUT2D eigenvalue weighted by molar-refractivity contribution is -0.137. The predicted molar refractivity (Wildman–Crippen MR) is 101 cm³/mol. The molecule has 1 saturated heterocycles. The van der Waals surface area contributed by atoms with Crippen molar-refractivity contribution in [3.8, 4) is 0 Å². The van der Waals surface area contributed by atoms with Crippen LogP contribution in [0.3, 0.4) is 0 Å². The van der Waals surface area contributed by atoms with Gasteiger partial charge in [0.1, 0.15) is 0 Å². The molecule has 0 saturated carbocycles. The minimum atomic E-state index is -4.39. The normalized spacial score (nSPS) is 14.7. The Labute approximate surface area is 156 Å². The largest absolute Gasteiger partial charge is 0.416 e. The van der Waals surface area contributed by atoms with Gasteiger partial charge in [0.25, 0.3) is 0 Å². The number of para-hydroxylation sites is 2. The molecule has 2 aromatic rings. The summed E-state index contributed by atoms with van der Waals surface area (Å²) in [5, 5.41) is 5.74. The number of halogens is 3. The Bertz CT molecular complexity index is 769. The highest BCUT2D eigenvalue weighted by molar-refractivity contribution is 5.94. The quantitative estimate of drug-likeness (QED) is 0.791. The molecule has 144 valence electrons. The summed E-state index contributed by atoms with van der Waals surface area (Å²) < 4.78 is 37.7. The molecule has 7 heteroatoms. The standard InChI is InChI=1S/C20H22F3N3O/c21-20(22,23)15-8-10-16(11-9-15)25-19(27)14-24-17-6-2-3-7-18(17)26-12-4-1-5-13-26/h2-3,6-11,24H,1,4-5,12-14H2,(H,25,27). The summed E-state index contributed by atoms with van der Waals surface area (Å²) in [5.41, 5.74) is 1.54. The Balaban J connectivity index is 1.58. The molecule has 27 heavy (non-hydrogen) atoms. The van der Waals surface area contributed by atoms with Crippen LogP contribution in [-0.4, -0.2) is 25.5 Å². The molecule has 1 aliphatic heterocycles. The van der Waals surface area contributed by atoms with Gasteiger partial charge in [0.15, 0.2) is 0 Å². The lowest BCUT2D eigenvalue weighted by Crippen LogP contribution is -2.30. The zero-order chi connectivity index (χ0) is 19.3. The van der Waals surface area contributed by atoms with Crippen LogP contribution in [0.2, 0.25) is 0 Å². The van der Waals surface area contributed by atoms with Crippen molar-refractivity contribution in [1.82, 2.24) is 0 Å². The third kappa shape index (κ3) is 5.15. The van der Waals surface area contributed by atoms with E-state index in [0.29, 0.717) is 5.69 Å². The number of rotatable bonds is 5. The molecule has 0 bridgehead atoms. The first-order valence-corrected chi connectivity index (χ1v) is 8.98. The minimum absolute atomic E-state index is 0.0336. The molecule has 1 fully saturated rings. The van der Waals surface area contributed by atoms with Crippen LogP contribution in [0.25, 0.3) is 0 Å². The fourth-order valence-electron chi connectivity index (χ4n) is 3.16. The third-order valence-electron chi connectivity index (χ3n) is 4.54. The summed E-state index contributed by atoms with van der Waals surface area (Å²) in [6.07, 6.45) is -0.838. The molecular formula is C20H22F3N3O. The number of hydrogen-bond acceptors (Lipinski definition) is 3. The van der Waals surface area contributed by atoms with Gasteiger partial charge in [-0.3, -0.25) is 4.79 Å². The predicted octanol–water partition coefficient (Wildman–Crippen LogP) is 4.75. The number of nitrogens with one attached hydrogen (secondary N) is 2. The molecular weight excluding hydrogens is 355 g/mol. The zero-order valence-electron chi connectivity index (χ0n) is 14.9. The van der Waals surface area contributed by atoms with Crippen LogP contribution in [0.15, 0.2) is 48.5 Å². The molecule has 0 aliphatic carbocycles. The molecule has 2 N–H and O–H groups in total. The Kier molecular flexibility index (Phi) is 5.88. The minimum Gasteiger partial charge on any atom is -0.374 e. The number of benzene rings is 2.